The molecule has 23 heavy (non-hydrogen) atoms. The Hall–Kier alpha value is -2.55. The fraction of sp³-hybridized carbons (Fsp3) is 0.250. The molecule has 0 amide bonds. The van der Waals surface area contributed by atoms with Crippen molar-refractivity contribution in [3.05, 3.63) is 72.3 Å². The first-order valence-electron chi connectivity index (χ1n) is 8.02. The molecular weight excluding hydrogens is 284 g/mol. The molecule has 0 bridgehead atoms. The third-order valence-electron chi connectivity index (χ3n) is 3.87. The van der Waals surface area contributed by atoms with E-state index in [1.165, 1.54) is 0 Å². The molecule has 0 saturated heterocycles. The van der Waals surface area contributed by atoms with Crippen LogP contribution in [0.25, 0.3) is 5.70 Å². The van der Waals surface area contributed by atoms with Crippen LogP contribution in [0.2, 0.25) is 0 Å². The second-order valence-corrected chi connectivity index (χ2v) is 6.00. The maximum atomic E-state index is 5.75. The summed E-state index contributed by atoms with van der Waals surface area (Å²) in [6.45, 7) is 5.01. The Morgan fingerprint density at radius 1 is 1.09 bits per heavy atom. The molecule has 0 spiro atoms. The Kier molecular flexibility index (Phi) is 4.77. The predicted octanol–water partition coefficient (Wildman–Crippen LogP) is 4.59. The summed E-state index contributed by atoms with van der Waals surface area (Å²) in [5, 5.41) is 3.47. The molecular formula is C20H22N2O. The van der Waals surface area contributed by atoms with Gasteiger partial charge in [0, 0.05) is 11.8 Å². The van der Waals surface area contributed by atoms with Gasteiger partial charge in [-0.3, -0.25) is 0 Å². The van der Waals surface area contributed by atoms with E-state index in [4.69, 9.17) is 4.74 Å². The van der Waals surface area contributed by atoms with Gasteiger partial charge in [-0.25, -0.2) is 4.99 Å². The molecule has 1 N–H and O–H groups in total. The summed E-state index contributed by atoms with van der Waals surface area (Å²) in [5.41, 5.74) is 3.14. The van der Waals surface area contributed by atoms with Crippen LogP contribution in [0.15, 0.2) is 71.7 Å². The van der Waals surface area contributed by atoms with Crippen molar-refractivity contribution in [2.24, 2.45) is 10.9 Å². The van der Waals surface area contributed by atoms with Crippen molar-refractivity contribution in [2.75, 3.05) is 11.9 Å². The molecule has 2 aromatic rings. The minimum atomic E-state index is 0.245. The number of anilines is 1. The fourth-order valence-corrected chi connectivity index (χ4v) is 2.44. The number of rotatable bonds is 5. The van der Waals surface area contributed by atoms with E-state index in [2.05, 4.69) is 36.3 Å². The van der Waals surface area contributed by atoms with E-state index in [1.54, 1.807) is 0 Å². The van der Waals surface area contributed by atoms with Crippen LogP contribution >= 0.6 is 0 Å². The van der Waals surface area contributed by atoms with Gasteiger partial charge >= 0.3 is 0 Å². The summed E-state index contributed by atoms with van der Waals surface area (Å²) < 4.78 is 5.75. The topological polar surface area (TPSA) is 33.6 Å². The number of aliphatic imine (C=N–C) groups is 1. The van der Waals surface area contributed by atoms with E-state index in [1.807, 2.05) is 54.6 Å². The highest BCUT2D eigenvalue weighted by Crippen LogP contribution is 2.21. The second-order valence-electron chi connectivity index (χ2n) is 6.00. The van der Waals surface area contributed by atoms with Gasteiger partial charge in [0.05, 0.1) is 11.7 Å². The van der Waals surface area contributed by atoms with Crippen molar-refractivity contribution in [1.29, 1.82) is 0 Å². The van der Waals surface area contributed by atoms with Gasteiger partial charge < -0.3 is 10.1 Å². The van der Waals surface area contributed by atoms with Crippen molar-refractivity contribution in [3.8, 4) is 0 Å². The summed E-state index contributed by atoms with van der Waals surface area (Å²) in [5.74, 6) is 1.19. The first-order valence-corrected chi connectivity index (χ1v) is 8.02. The zero-order valence-corrected chi connectivity index (χ0v) is 13.6. The zero-order valence-electron chi connectivity index (χ0n) is 13.6. The Bertz CT molecular complexity index is 690. The number of hydrogen-bond donors (Lipinski definition) is 1. The average Bonchev–Trinajstić information content (AvgIpc) is 3.05. The van der Waals surface area contributed by atoms with Crippen LogP contribution in [-0.4, -0.2) is 18.5 Å². The molecule has 0 saturated carbocycles. The lowest BCUT2D eigenvalue weighted by molar-refractivity contribution is 0.293. The lowest BCUT2D eigenvalue weighted by Crippen LogP contribution is -2.13. The standard InChI is InChI=1S/C20H22N2O/c1-15(2)19-14-23-20(22-19)13-18(16-9-5-3-6-10-16)21-17-11-7-4-8-12-17/h3-13,15,19,21H,14H2,1-2H3. The molecule has 0 radical (unpaired) electrons. The normalized spacial score (nSPS) is 17.8. The largest absolute Gasteiger partial charge is 0.476 e. The molecule has 1 aliphatic heterocycles. The van der Waals surface area contributed by atoms with E-state index in [9.17, 15) is 0 Å². The molecule has 0 aromatic heterocycles. The Morgan fingerprint density at radius 2 is 1.74 bits per heavy atom. The Balaban J connectivity index is 1.89. The van der Waals surface area contributed by atoms with Gasteiger partial charge in [-0.05, 0) is 23.6 Å². The van der Waals surface area contributed by atoms with Gasteiger partial charge in [-0.15, -0.1) is 0 Å². The number of benzene rings is 2. The van der Waals surface area contributed by atoms with Crippen molar-refractivity contribution >= 4 is 17.3 Å². The second kappa shape index (κ2) is 7.14. The third kappa shape index (κ3) is 4.01. The first-order chi connectivity index (χ1) is 11.2. The van der Waals surface area contributed by atoms with Gasteiger partial charge in [-0.1, -0.05) is 62.4 Å². The molecule has 3 rings (SSSR count). The number of para-hydroxylation sites is 1. The predicted molar refractivity (Wildman–Crippen MR) is 96.5 cm³/mol. The smallest absolute Gasteiger partial charge is 0.211 e. The summed E-state index contributed by atoms with van der Waals surface area (Å²) in [6.07, 6.45) is 1.99. The van der Waals surface area contributed by atoms with Gasteiger partial charge in [0.1, 0.15) is 6.61 Å². The number of ether oxygens (including phenoxy) is 1. The van der Waals surface area contributed by atoms with Crippen LogP contribution < -0.4 is 5.32 Å². The Morgan fingerprint density at radius 3 is 2.35 bits per heavy atom. The van der Waals surface area contributed by atoms with E-state index >= 15 is 0 Å². The van der Waals surface area contributed by atoms with Crippen molar-refractivity contribution in [3.63, 3.8) is 0 Å². The molecule has 2 aromatic carbocycles. The van der Waals surface area contributed by atoms with Crippen LogP contribution in [0.3, 0.4) is 0 Å². The summed E-state index contributed by atoms with van der Waals surface area (Å²) in [6, 6.07) is 20.6. The molecule has 1 aliphatic rings. The highest BCUT2D eigenvalue weighted by Gasteiger charge is 2.21. The molecule has 118 valence electrons. The summed E-state index contributed by atoms with van der Waals surface area (Å²) in [7, 11) is 0. The van der Waals surface area contributed by atoms with Crippen molar-refractivity contribution in [1.82, 2.24) is 0 Å². The lowest BCUT2D eigenvalue weighted by atomic mass is 10.1. The molecule has 1 atom stereocenters. The van der Waals surface area contributed by atoms with Crippen LogP contribution in [0, 0.1) is 5.92 Å². The van der Waals surface area contributed by atoms with Crippen LogP contribution in [0.1, 0.15) is 19.4 Å². The summed E-state index contributed by atoms with van der Waals surface area (Å²) in [4.78, 5) is 4.67. The van der Waals surface area contributed by atoms with Gasteiger partial charge in [0.25, 0.3) is 0 Å². The maximum Gasteiger partial charge on any atom is 0.211 e. The minimum absolute atomic E-state index is 0.245. The van der Waals surface area contributed by atoms with Crippen molar-refractivity contribution in [2.45, 2.75) is 19.9 Å². The van der Waals surface area contributed by atoms with Gasteiger partial charge in [-0.2, -0.15) is 0 Å². The highest BCUT2D eigenvalue weighted by molar-refractivity contribution is 5.98. The molecule has 3 heteroatoms. The zero-order chi connectivity index (χ0) is 16.1. The number of nitrogens with one attached hydrogen (secondary N) is 1. The van der Waals surface area contributed by atoms with E-state index in [0.717, 1.165) is 16.9 Å². The number of hydrogen-bond acceptors (Lipinski definition) is 3. The highest BCUT2D eigenvalue weighted by atomic mass is 16.5. The third-order valence-corrected chi connectivity index (χ3v) is 3.87. The fourth-order valence-electron chi connectivity index (χ4n) is 2.44. The Labute approximate surface area is 137 Å². The summed E-state index contributed by atoms with van der Waals surface area (Å²) >= 11 is 0. The lowest BCUT2D eigenvalue weighted by Gasteiger charge is -2.11. The van der Waals surface area contributed by atoms with E-state index in [-0.39, 0.29) is 6.04 Å². The van der Waals surface area contributed by atoms with E-state index in [0.29, 0.717) is 18.4 Å². The molecule has 3 nitrogen and oxygen atoms in total. The average molecular weight is 306 g/mol. The van der Waals surface area contributed by atoms with E-state index < -0.39 is 0 Å². The maximum absolute atomic E-state index is 5.75. The SMILES string of the molecule is CC(C)C1COC(C=C(Nc2ccccc2)c2ccccc2)=N1. The van der Waals surface area contributed by atoms with Gasteiger partial charge in [0.15, 0.2) is 0 Å². The monoisotopic (exact) mass is 306 g/mol. The molecule has 0 aliphatic carbocycles. The molecule has 1 heterocycles. The first kappa shape index (κ1) is 15.3. The van der Waals surface area contributed by atoms with Gasteiger partial charge in [0.2, 0.25) is 5.90 Å². The van der Waals surface area contributed by atoms with Crippen molar-refractivity contribution < 1.29 is 4.74 Å². The minimum Gasteiger partial charge on any atom is -0.476 e. The molecule has 0 fully saturated rings. The quantitative estimate of drug-likeness (QED) is 0.876. The number of nitrogens with zero attached hydrogens (tertiary/aromatic N) is 1. The van der Waals surface area contributed by atoms with Crippen LogP contribution in [0.4, 0.5) is 5.69 Å². The van der Waals surface area contributed by atoms with Crippen LogP contribution in [-0.2, 0) is 4.74 Å². The van der Waals surface area contributed by atoms with Crippen LogP contribution in [0.5, 0.6) is 0 Å². The molecule has 1 unspecified atom stereocenters.